The van der Waals surface area contributed by atoms with Gasteiger partial charge in [-0.3, -0.25) is 19.3 Å². The molecule has 46 heavy (non-hydrogen) atoms. The van der Waals surface area contributed by atoms with Crippen LogP contribution in [0.3, 0.4) is 0 Å². The number of carbonyl (C=O) groups is 4. The second kappa shape index (κ2) is 22.1. The number of ketones is 3. The topological polar surface area (TPSA) is 97.1 Å². The van der Waals surface area contributed by atoms with Crippen LogP contribution < -0.4 is 5.32 Å². The van der Waals surface area contributed by atoms with Gasteiger partial charge in [0.25, 0.3) is 5.91 Å². The van der Waals surface area contributed by atoms with E-state index in [2.05, 4.69) is 33.8 Å². The van der Waals surface area contributed by atoms with Crippen LogP contribution in [0.25, 0.3) is 4.85 Å². The Morgan fingerprint density at radius 2 is 1.41 bits per heavy atom. The minimum atomic E-state index is -0.425. The Morgan fingerprint density at radius 1 is 0.891 bits per heavy atom. The number of methoxy groups -OCH3 is 1. The molecule has 1 amide bonds. The van der Waals surface area contributed by atoms with Crippen molar-refractivity contribution >= 4 is 23.3 Å². The van der Waals surface area contributed by atoms with Crippen LogP contribution in [-0.2, 0) is 23.9 Å². The van der Waals surface area contributed by atoms with Crippen LogP contribution in [-0.4, -0.2) is 68.1 Å². The van der Waals surface area contributed by atoms with Crippen LogP contribution in [0.5, 0.6) is 0 Å². The summed E-state index contributed by atoms with van der Waals surface area (Å²) in [6.45, 7) is 32.3. The molecule has 0 aromatic heterocycles. The number of Topliss-reactive ketones (excluding diaryl/α,β-unsaturated/α-hetero) is 2. The highest BCUT2D eigenvalue weighted by Gasteiger charge is 2.28. The van der Waals surface area contributed by atoms with Crippen molar-refractivity contribution < 1.29 is 23.9 Å². The standard InChI is InChI=1S/C11H15NO.C10H17NO.C9H16O2.C8H13NO/c1-11(2,3)10(13)9(12-4)7-8-5-6-8;1-10(2,3)9(12)7-6-8-11(4)5;1-9(2,3)8(10)6-5-7-11-4;1-5-6-7(10)9-8(2,3)4/h7-8H,5-6H2,1-3H3;8H2,1-5H3;5-6H,7H2,1-4H3;1-4H3,(H,9,10)/b9-7-;;6-5+;. The van der Waals surface area contributed by atoms with Crippen LogP contribution in [0.2, 0.25) is 0 Å². The molecule has 0 spiro atoms. The maximum Gasteiger partial charge on any atom is 0.296 e. The van der Waals surface area contributed by atoms with Gasteiger partial charge < -0.3 is 14.8 Å². The third kappa shape index (κ3) is 29.2. The number of allylic oxidation sites excluding steroid dienone is 3. The van der Waals surface area contributed by atoms with Crippen molar-refractivity contribution in [3.8, 4) is 23.7 Å². The predicted octanol–water partition coefficient (Wildman–Crippen LogP) is 6.71. The first kappa shape index (κ1) is 46.9. The lowest BCUT2D eigenvalue weighted by atomic mass is 9.88. The molecule has 0 radical (unpaired) electrons. The van der Waals surface area contributed by atoms with Crippen LogP contribution >= 0.6 is 0 Å². The summed E-state index contributed by atoms with van der Waals surface area (Å²) < 4.78 is 4.77. The molecule has 0 bridgehead atoms. The molecule has 1 N–H and O–H groups in total. The van der Waals surface area contributed by atoms with E-state index >= 15 is 0 Å². The van der Waals surface area contributed by atoms with E-state index in [9.17, 15) is 19.2 Å². The highest BCUT2D eigenvalue weighted by atomic mass is 16.5. The molecule has 0 unspecified atom stereocenters. The second-order valence-corrected chi connectivity index (χ2v) is 15.3. The molecule has 0 aromatic carbocycles. The zero-order valence-corrected chi connectivity index (χ0v) is 31.6. The van der Waals surface area contributed by atoms with Crippen molar-refractivity contribution in [1.29, 1.82) is 0 Å². The number of amides is 1. The largest absolute Gasteiger partial charge is 0.381 e. The fourth-order valence-corrected chi connectivity index (χ4v) is 2.49. The molecular formula is C38H61N3O5. The van der Waals surface area contributed by atoms with Gasteiger partial charge in [0, 0.05) is 28.9 Å². The quantitative estimate of drug-likeness (QED) is 0.150. The third-order valence-electron chi connectivity index (χ3n) is 5.33. The first-order valence-electron chi connectivity index (χ1n) is 15.5. The van der Waals surface area contributed by atoms with Gasteiger partial charge in [-0.25, -0.2) is 4.85 Å². The molecule has 258 valence electrons. The van der Waals surface area contributed by atoms with Crippen molar-refractivity contribution in [3.05, 3.63) is 35.3 Å². The molecule has 0 atom stereocenters. The SMILES string of the molecule is CC#CC(=O)NC(C)(C)C.CN(C)CC#CC(=O)C(C)(C)C.COC/C=C/C(=O)C(C)(C)C.[C-]#[N+]/C(=C\C1CC1)C(=O)C(C)(C)C. The van der Waals surface area contributed by atoms with E-state index in [1.165, 1.54) is 0 Å². The van der Waals surface area contributed by atoms with Gasteiger partial charge in [0.15, 0.2) is 11.6 Å². The van der Waals surface area contributed by atoms with E-state index in [0.717, 1.165) is 12.8 Å². The number of rotatable bonds is 6. The summed E-state index contributed by atoms with van der Waals surface area (Å²) in [6, 6.07) is 0. The molecule has 0 aromatic rings. The molecule has 0 aliphatic heterocycles. The zero-order valence-electron chi connectivity index (χ0n) is 31.6. The summed E-state index contributed by atoms with van der Waals surface area (Å²) in [6.07, 6.45) is 7.41. The maximum atomic E-state index is 11.7. The zero-order chi connectivity index (χ0) is 36.9. The Morgan fingerprint density at radius 3 is 1.74 bits per heavy atom. The van der Waals surface area contributed by atoms with Gasteiger partial charge in [-0.2, -0.15) is 0 Å². The van der Waals surface area contributed by atoms with Crippen molar-refractivity contribution in [2.45, 2.75) is 108 Å². The Labute approximate surface area is 281 Å². The first-order chi connectivity index (χ1) is 20.7. The lowest BCUT2D eigenvalue weighted by Crippen LogP contribution is -2.39. The van der Waals surface area contributed by atoms with Crippen molar-refractivity contribution in [1.82, 2.24) is 10.2 Å². The number of carbonyl (C=O) groups excluding carboxylic acids is 4. The fraction of sp³-hybridized carbons (Fsp3) is 0.658. The summed E-state index contributed by atoms with van der Waals surface area (Å²) in [4.78, 5) is 50.1. The number of hydrogen-bond acceptors (Lipinski definition) is 6. The Balaban J connectivity index is -0.000000539. The van der Waals surface area contributed by atoms with Crippen molar-refractivity contribution in [2.24, 2.45) is 22.2 Å². The highest BCUT2D eigenvalue weighted by molar-refractivity contribution is 6.00. The molecule has 1 fully saturated rings. The summed E-state index contributed by atoms with van der Waals surface area (Å²) in [5.41, 5.74) is -0.884. The molecule has 8 nitrogen and oxygen atoms in total. The van der Waals surface area contributed by atoms with Crippen molar-refractivity contribution in [2.75, 3.05) is 34.4 Å². The van der Waals surface area contributed by atoms with E-state index in [0.29, 0.717) is 24.8 Å². The molecule has 1 saturated carbocycles. The van der Waals surface area contributed by atoms with Gasteiger partial charge in [0.2, 0.25) is 11.5 Å². The summed E-state index contributed by atoms with van der Waals surface area (Å²) in [5, 5.41) is 2.71. The first-order valence-corrected chi connectivity index (χ1v) is 15.5. The molecule has 1 aliphatic rings. The average molecular weight is 640 g/mol. The minimum absolute atomic E-state index is 0.00403. The van der Waals surface area contributed by atoms with E-state index in [-0.39, 0.29) is 39.6 Å². The van der Waals surface area contributed by atoms with Crippen molar-refractivity contribution in [3.63, 3.8) is 0 Å². The summed E-state index contributed by atoms with van der Waals surface area (Å²) in [5.74, 6) is 10.8. The van der Waals surface area contributed by atoms with Gasteiger partial charge in [0.05, 0.1) is 19.7 Å². The van der Waals surface area contributed by atoms with Crippen LogP contribution in [0, 0.1) is 52.4 Å². The van der Waals surface area contributed by atoms with Gasteiger partial charge in [-0.1, -0.05) is 86.3 Å². The Kier molecular flexibility index (Phi) is 22.5. The molecule has 1 rings (SSSR count). The second-order valence-electron chi connectivity index (χ2n) is 15.3. The molecule has 0 saturated heterocycles. The van der Waals surface area contributed by atoms with Gasteiger partial charge >= 0.3 is 0 Å². The van der Waals surface area contributed by atoms with Crippen LogP contribution in [0.15, 0.2) is 23.9 Å². The average Bonchev–Trinajstić information content (AvgIpc) is 3.69. The van der Waals surface area contributed by atoms with Gasteiger partial charge in [-0.15, -0.1) is 0 Å². The smallest absolute Gasteiger partial charge is 0.296 e. The van der Waals surface area contributed by atoms with E-state index in [1.54, 1.807) is 26.2 Å². The molecule has 8 heteroatoms. The van der Waals surface area contributed by atoms with Gasteiger partial charge in [0.1, 0.15) is 0 Å². The lowest BCUT2D eigenvalue weighted by Gasteiger charge is -2.17. The molecule has 0 heterocycles. The van der Waals surface area contributed by atoms with E-state index in [4.69, 9.17) is 11.3 Å². The van der Waals surface area contributed by atoms with E-state index in [1.807, 2.05) is 108 Å². The molecular weight excluding hydrogens is 578 g/mol. The number of nitrogens with one attached hydrogen (secondary N) is 1. The van der Waals surface area contributed by atoms with Crippen LogP contribution in [0.1, 0.15) is 103 Å². The van der Waals surface area contributed by atoms with Gasteiger partial charge in [-0.05, 0) is 78.5 Å². The van der Waals surface area contributed by atoms with Crippen LogP contribution in [0.4, 0.5) is 0 Å². The maximum absolute atomic E-state index is 11.7. The number of ether oxygens (including phenoxy) is 1. The lowest BCUT2D eigenvalue weighted by molar-refractivity contribution is -0.122. The molecule has 1 aliphatic carbocycles. The summed E-state index contributed by atoms with van der Waals surface area (Å²) in [7, 11) is 5.46. The number of nitrogens with zero attached hydrogens (tertiary/aromatic N) is 2. The normalized spacial score (nSPS) is 13.0. The van der Waals surface area contributed by atoms with E-state index < -0.39 is 5.41 Å². The minimum Gasteiger partial charge on any atom is -0.381 e. The monoisotopic (exact) mass is 639 g/mol. The fourth-order valence-electron chi connectivity index (χ4n) is 2.49. The third-order valence-corrected chi connectivity index (χ3v) is 5.33. The Hall–Kier alpha value is -3.51. The Bertz CT molecular complexity index is 1210. The predicted molar refractivity (Wildman–Crippen MR) is 189 cm³/mol. The summed E-state index contributed by atoms with van der Waals surface area (Å²) >= 11 is 0. The number of hydrogen-bond donors (Lipinski definition) is 1. The highest BCUT2D eigenvalue weighted by Crippen LogP contribution is 2.33.